The van der Waals surface area contributed by atoms with E-state index in [0.717, 1.165) is 0 Å². The third kappa shape index (κ3) is 3.99. The number of nitriles is 1. The first-order valence-corrected chi connectivity index (χ1v) is 9.04. The number of azo groups is 1. The SMILES string of the molecule is CCOC(=O)C(N=Nc1ccc2nnc3[n+](c2c1)=NCC=3C#N)C(=O)C(C)(C)C. The summed E-state index contributed by atoms with van der Waals surface area (Å²) in [5.41, 5.74) is 1.56. The molecule has 1 aromatic heterocycles. The van der Waals surface area contributed by atoms with Crippen molar-refractivity contribution in [3.05, 3.63) is 23.7 Å². The van der Waals surface area contributed by atoms with Crippen molar-refractivity contribution in [3.63, 3.8) is 0 Å². The molecule has 1 unspecified atom stereocenters. The lowest BCUT2D eigenvalue weighted by Crippen LogP contribution is -2.39. The molecule has 0 saturated carbocycles. The second-order valence-electron chi connectivity index (χ2n) is 7.38. The predicted molar refractivity (Wildman–Crippen MR) is 100 cm³/mol. The lowest BCUT2D eigenvalue weighted by molar-refractivity contribution is -0.533. The Kier molecular flexibility index (Phi) is 5.41. The molecule has 3 rings (SSSR count). The number of fused-ring (bicyclic) bond motifs is 3. The van der Waals surface area contributed by atoms with Crippen molar-refractivity contribution in [1.29, 1.82) is 5.26 Å². The Morgan fingerprint density at radius 2 is 2.10 bits per heavy atom. The van der Waals surface area contributed by atoms with Crippen molar-refractivity contribution in [2.24, 2.45) is 20.8 Å². The number of esters is 1. The predicted octanol–water partition coefficient (Wildman–Crippen LogP) is 1.27. The number of carbonyl (C=O) groups excluding carboxylic acids is 2. The molecule has 2 aromatic rings. The number of hydrogen-bond donors (Lipinski definition) is 0. The zero-order valence-electron chi connectivity index (χ0n) is 16.6. The van der Waals surface area contributed by atoms with Gasteiger partial charge in [-0.05, 0) is 24.2 Å². The Hall–Kier alpha value is -3.61. The number of rotatable bonds is 5. The van der Waals surface area contributed by atoms with Crippen LogP contribution in [-0.2, 0) is 14.3 Å². The molecule has 0 saturated heterocycles. The van der Waals surface area contributed by atoms with Gasteiger partial charge < -0.3 is 4.74 Å². The van der Waals surface area contributed by atoms with Gasteiger partial charge in [0.15, 0.2) is 22.4 Å². The maximum Gasteiger partial charge on any atom is 0.391 e. The molecule has 1 aliphatic heterocycles. The van der Waals surface area contributed by atoms with E-state index in [4.69, 9.17) is 10.00 Å². The fourth-order valence-electron chi connectivity index (χ4n) is 2.68. The Bertz CT molecular complexity index is 1190. The van der Waals surface area contributed by atoms with E-state index >= 15 is 0 Å². The second-order valence-corrected chi connectivity index (χ2v) is 7.38. The molecule has 1 atom stereocenters. The molecule has 0 radical (unpaired) electrons. The van der Waals surface area contributed by atoms with Gasteiger partial charge in [-0.1, -0.05) is 25.1 Å². The summed E-state index contributed by atoms with van der Waals surface area (Å²) in [6, 6.07) is 5.69. The average Bonchev–Trinajstić information content (AvgIpc) is 3.11. The first kappa shape index (κ1) is 20.1. The van der Waals surface area contributed by atoms with Gasteiger partial charge in [-0.3, -0.25) is 4.79 Å². The molecule has 1 aromatic carbocycles. The molecule has 0 spiro atoms. The highest BCUT2D eigenvalue weighted by Gasteiger charge is 2.36. The van der Waals surface area contributed by atoms with Gasteiger partial charge in [0.1, 0.15) is 12.6 Å². The average molecular weight is 394 g/mol. The van der Waals surface area contributed by atoms with Crippen LogP contribution < -0.4 is 9.84 Å². The number of ketones is 1. The van der Waals surface area contributed by atoms with E-state index in [-0.39, 0.29) is 18.9 Å². The highest BCUT2D eigenvalue weighted by Crippen LogP contribution is 2.22. The molecule has 148 valence electrons. The topological polar surface area (TPSA) is 136 Å². The highest BCUT2D eigenvalue weighted by molar-refractivity contribution is 6.05. The van der Waals surface area contributed by atoms with E-state index in [1.54, 1.807) is 45.9 Å². The zero-order chi connectivity index (χ0) is 21.2. The summed E-state index contributed by atoms with van der Waals surface area (Å²) in [5.74, 6) is -1.12. The normalized spacial score (nSPS) is 14.4. The largest absolute Gasteiger partial charge is 0.464 e. The standard InChI is InChI=1S/C19H20N7O3/c1-5-29-18(28)15(16(27)19(2,3)4)24-22-12-6-7-13-14(8-12)26-17(25-23-13)11(9-20)10-21-26/h6-8,15H,5,10H2,1-4H3/q+1. The van der Waals surface area contributed by atoms with Crippen molar-refractivity contribution in [2.75, 3.05) is 13.2 Å². The van der Waals surface area contributed by atoms with Crippen molar-refractivity contribution in [2.45, 2.75) is 33.7 Å². The van der Waals surface area contributed by atoms with Gasteiger partial charge in [-0.15, -0.1) is 5.11 Å². The number of ether oxygens (including phenoxy) is 1. The molecule has 2 heterocycles. The van der Waals surface area contributed by atoms with Crippen LogP contribution in [0.3, 0.4) is 0 Å². The number of nitrogens with zero attached hydrogens (tertiary/aromatic N) is 7. The van der Waals surface area contributed by atoms with Gasteiger partial charge >= 0.3 is 11.4 Å². The fourth-order valence-corrected chi connectivity index (χ4v) is 2.68. The van der Waals surface area contributed by atoms with Gasteiger partial charge in [0.25, 0.3) is 0 Å². The van der Waals surface area contributed by atoms with Crippen molar-refractivity contribution < 1.29 is 18.7 Å². The van der Waals surface area contributed by atoms with Crippen LogP contribution in [0.15, 0.2) is 33.5 Å². The molecule has 10 nitrogen and oxygen atoms in total. The Morgan fingerprint density at radius 1 is 1.34 bits per heavy atom. The molecule has 0 amide bonds. The smallest absolute Gasteiger partial charge is 0.391 e. The van der Waals surface area contributed by atoms with Crippen molar-refractivity contribution >= 4 is 34.0 Å². The first-order valence-electron chi connectivity index (χ1n) is 9.04. The van der Waals surface area contributed by atoms with Crippen LogP contribution in [0.2, 0.25) is 0 Å². The molecule has 0 fully saturated rings. The highest BCUT2D eigenvalue weighted by atomic mass is 16.5. The van der Waals surface area contributed by atoms with Crippen LogP contribution in [0.5, 0.6) is 0 Å². The minimum Gasteiger partial charge on any atom is -0.464 e. The van der Waals surface area contributed by atoms with E-state index in [9.17, 15) is 9.59 Å². The molecular weight excluding hydrogens is 374 g/mol. The van der Waals surface area contributed by atoms with Gasteiger partial charge in [-0.25, -0.2) is 4.79 Å². The summed E-state index contributed by atoms with van der Waals surface area (Å²) in [5, 5.41) is 29.6. The Labute approximate surface area is 166 Å². The number of benzene rings is 1. The number of carbonyl (C=O) groups is 2. The first-order chi connectivity index (χ1) is 13.8. The maximum atomic E-state index is 12.6. The third-order valence-corrected chi connectivity index (χ3v) is 4.20. The quantitative estimate of drug-likeness (QED) is 0.324. The molecular formula is C19H20N7O3+. The molecule has 29 heavy (non-hydrogen) atoms. The van der Waals surface area contributed by atoms with Gasteiger partial charge in [0, 0.05) is 11.5 Å². The summed E-state index contributed by atoms with van der Waals surface area (Å²) < 4.78 is 6.51. The monoisotopic (exact) mass is 394 g/mol. The molecule has 10 heteroatoms. The summed E-state index contributed by atoms with van der Waals surface area (Å²) >= 11 is 0. The molecule has 1 aliphatic rings. The summed E-state index contributed by atoms with van der Waals surface area (Å²) in [7, 11) is 0. The van der Waals surface area contributed by atoms with Gasteiger partial charge in [-0.2, -0.15) is 15.5 Å². The maximum absolute atomic E-state index is 12.6. The minimum atomic E-state index is -1.34. The van der Waals surface area contributed by atoms with Crippen LogP contribution in [0, 0.1) is 16.7 Å². The molecule has 0 aliphatic carbocycles. The summed E-state index contributed by atoms with van der Waals surface area (Å²) in [4.78, 5) is 24.8. The van der Waals surface area contributed by atoms with E-state index < -0.39 is 17.4 Å². The van der Waals surface area contributed by atoms with E-state index in [0.29, 0.717) is 27.8 Å². The van der Waals surface area contributed by atoms with Gasteiger partial charge in [0.2, 0.25) is 6.04 Å². The lowest BCUT2D eigenvalue weighted by atomic mass is 9.87. The van der Waals surface area contributed by atoms with Crippen LogP contribution in [0.25, 0.3) is 16.6 Å². The van der Waals surface area contributed by atoms with Crippen molar-refractivity contribution in [3.8, 4) is 6.07 Å². The lowest BCUT2D eigenvalue weighted by Gasteiger charge is -2.19. The second kappa shape index (κ2) is 7.79. The molecule has 0 N–H and O–H groups in total. The number of Topliss-reactive ketones (excluding diaryl/α,β-unsaturated/α-hetero) is 1. The minimum absolute atomic E-state index is 0.138. The van der Waals surface area contributed by atoms with Crippen LogP contribution in [-0.4, -0.2) is 41.1 Å². The van der Waals surface area contributed by atoms with Crippen LogP contribution in [0.1, 0.15) is 27.7 Å². The van der Waals surface area contributed by atoms with E-state index in [1.165, 1.54) is 4.36 Å². The Balaban J connectivity index is 2.03. The van der Waals surface area contributed by atoms with Gasteiger partial charge in [0.05, 0.1) is 17.4 Å². The Morgan fingerprint density at radius 3 is 2.76 bits per heavy atom. The van der Waals surface area contributed by atoms with E-state index in [2.05, 4.69) is 31.6 Å². The number of aromatic nitrogens is 3. The van der Waals surface area contributed by atoms with Crippen LogP contribution >= 0.6 is 0 Å². The molecule has 0 bridgehead atoms. The summed E-state index contributed by atoms with van der Waals surface area (Å²) in [6.45, 7) is 7.13. The zero-order valence-corrected chi connectivity index (χ0v) is 16.6. The fraction of sp³-hybridized carbons (Fsp3) is 0.421. The van der Waals surface area contributed by atoms with E-state index in [1.807, 2.05) is 0 Å². The summed E-state index contributed by atoms with van der Waals surface area (Å²) in [6.07, 6.45) is 0. The van der Waals surface area contributed by atoms with Crippen LogP contribution in [0.4, 0.5) is 5.69 Å². The third-order valence-electron chi connectivity index (χ3n) is 4.20. The van der Waals surface area contributed by atoms with Crippen molar-refractivity contribution in [1.82, 2.24) is 10.2 Å². The number of hydrogen-bond acceptors (Lipinski definition) is 9.